The smallest absolute Gasteiger partial charge is 0.230 e. The molecule has 1 N–H and O–H groups in total. The number of carbonyl (C=O) groups is 1. The first-order valence-corrected chi connectivity index (χ1v) is 10.4. The first-order chi connectivity index (χ1) is 11.9. The van der Waals surface area contributed by atoms with Gasteiger partial charge >= 0.3 is 0 Å². The molecule has 0 atom stereocenters. The van der Waals surface area contributed by atoms with Crippen molar-refractivity contribution >= 4 is 50.8 Å². The quantitative estimate of drug-likeness (QED) is 0.755. The highest BCUT2D eigenvalue weighted by molar-refractivity contribution is 8.01. The number of ether oxygens (including phenoxy) is 1. The van der Waals surface area contributed by atoms with Crippen LogP contribution in [0, 0.1) is 0 Å². The number of benzene rings is 1. The van der Waals surface area contributed by atoms with Crippen LogP contribution >= 0.6 is 34.7 Å². The van der Waals surface area contributed by atoms with E-state index in [2.05, 4.69) is 29.0 Å². The van der Waals surface area contributed by atoms with E-state index in [0.29, 0.717) is 17.3 Å². The lowest BCUT2D eigenvalue weighted by atomic mass is 10.0. The number of fused-ring (bicyclic) bond motifs is 1. The Morgan fingerprint density at radius 2 is 2.20 bits per heavy atom. The van der Waals surface area contributed by atoms with Gasteiger partial charge in [-0.25, -0.2) is 4.98 Å². The molecule has 1 aromatic heterocycles. The second-order valence-electron chi connectivity index (χ2n) is 6.57. The molecule has 1 fully saturated rings. The van der Waals surface area contributed by atoms with Crippen molar-refractivity contribution < 1.29 is 9.53 Å². The van der Waals surface area contributed by atoms with E-state index in [9.17, 15) is 4.79 Å². The monoisotopic (exact) mass is 399 g/mol. The number of nitrogens with zero attached hydrogens (tertiary/aromatic N) is 2. The minimum Gasteiger partial charge on any atom is -0.379 e. The second-order valence-corrected chi connectivity index (χ2v) is 9.26. The number of aromatic nitrogens is 1. The first kappa shape index (κ1) is 18.9. The largest absolute Gasteiger partial charge is 0.379 e. The van der Waals surface area contributed by atoms with Crippen molar-refractivity contribution in [3.63, 3.8) is 0 Å². The van der Waals surface area contributed by atoms with Crippen LogP contribution in [0.25, 0.3) is 10.2 Å². The number of carbonyl (C=O) groups excluding carboxylic acids is 1. The molecule has 136 valence electrons. The summed E-state index contributed by atoms with van der Waals surface area (Å²) in [6.45, 7) is 8.27. The zero-order chi connectivity index (χ0) is 17.9. The van der Waals surface area contributed by atoms with Gasteiger partial charge in [0.25, 0.3) is 0 Å². The average Bonchev–Trinajstić information content (AvgIpc) is 3.01. The minimum absolute atomic E-state index is 0.0311. The molecule has 0 unspecified atom stereocenters. The lowest BCUT2D eigenvalue weighted by molar-refractivity contribution is -0.119. The molecule has 0 saturated carbocycles. The van der Waals surface area contributed by atoms with Gasteiger partial charge in [-0.3, -0.25) is 9.69 Å². The zero-order valence-corrected chi connectivity index (χ0v) is 16.8. The van der Waals surface area contributed by atoms with Crippen molar-refractivity contribution in [2.24, 2.45) is 0 Å². The molecule has 1 saturated heterocycles. The number of amides is 1. The van der Waals surface area contributed by atoms with Crippen molar-refractivity contribution in [2.45, 2.75) is 23.7 Å². The fraction of sp³-hybridized carbons (Fsp3) is 0.529. The Balaban J connectivity index is 1.48. The molecule has 1 aliphatic rings. The highest BCUT2D eigenvalue weighted by atomic mass is 35.5. The highest BCUT2D eigenvalue weighted by Crippen LogP contribution is 2.30. The summed E-state index contributed by atoms with van der Waals surface area (Å²) in [4.78, 5) is 19.1. The number of nitrogens with one attached hydrogen (secondary N) is 1. The molecule has 0 radical (unpaired) electrons. The first-order valence-electron chi connectivity index (χ1n) is 8.22. The van der Waals surface area contributed by atoms with Crippen LogP contribution in [-0.2, 0) is 9.53 Å². The number of thioether (sulfide) groups is 1. The van der Waals surface area contributed by atoms with Crippen LogP contribution in [0.2, 0.25) is 5.02 Å². The van der Waals surface area contributed by atoms with Crippen molar-refractivity contribution in [3.8, 4) is 0 Å². The van der Waals surface area contributed by atoms with E-state index < -0.39 is 0 Å². The maximum Gasteiger partial charge on any atom is 0.230 e. The van der Waals surface area contributed by atoms with Crippen LogP contribution in [0.4, 0.5) is 0 Å². The fourth-order valence-corrected chi connectivity index (χ4v) is 4.76. The Hall–Kier alpha value is -0.860. The lowest BCUT2D eigenvalue weighted by Crippen LogP contribution is -2.55. The average molecular weight is 400 g/mol. The second kappa shape index (κ2) is 8.22. The Bertz CT molecular complexity index is 745. The molecule has 25 heavy (non-hydrogen) atoms. The molecule has 1 aromatic carbocycles. The molecular formula is C17H22ClN3O2S2. The summed E-state index contributed by atoms with van der Waals surface area (Å²) in [5, 5.41) is 3.73. The third-order valence-electron chi connectivity index (χ3n) is 4.24. The van der Waals surface area contributed by atoms with E-state index in [0.717, 1.165) is 40.9 Å². The Labute approximate surface area is 161 Å². The lowest BCUT2D eigenvalue weighted by Gasteiger charge is -2.40. The molecule has 0 aliphatic carbocycles. The van der Waals surface area contributed by atoms with E-state index in [-0.39, 0.29) is 11.4 Å². The summed E-state index contributed by atoms with van der Waals surface area (Å²) in [5.41, 5.74) is 0.811. The summed E-state index contributed by atoms with van der Waals surface area (Å²) >= 11 is 9.04. The molecule has 3 rings (SSSR count). The van der Waals surface area contributed by atoms with Crippen molar-refractivity contribution in [1.82, 2.24) is 15.2 Å². The van der Waals surface area contributed by atoms with Gasteiger partial charge in [-0.2, -0.15) is 0 Å². The van der Waals surface area contributed by atoms with Crippen LogP contribution in [0.15, 0.2) is 22.5 Å². The summed E-state index contributed by atoms with van der Waals surface area (Å²) < 4.78 is 7.37. The van der Waals surface area contributed by atoms with Gasteiger partial charge in [0.05, 0.1) is 29.2 Å². The molecular weight excluding hydrogens is 378 g/mol. The summed E-state index contributed by atoms with van der Waals surface area (Å²) in [6.07, 6.45) is 0. The predicted octanol–water partition coefficient (Wildman–Crippen LogP) is 3.27. The van der Waals surface area contributed by atoms with Crippen molar-refractivity contribution in [3.05, 3.63) is 23.2 Å². The van der Waals surface area contributed by atoms with Crippen molar-refractivity contribution in [2.75, 3.05) is 38.6 Å². The van der Waals surface area contributed by atoms with E-state index in [1.165, 1.54) is 11.8 Å². The molecule has 8 heteroatoms. The summed E-state index contributed by atoms with van der Waals surface area (Å²) in [6, 6.07) is 5.67. The van der Waals surface area contributed by atoms with Gasteiger partial charge in [0.1, 0.15) is 0 Å². The van der Waals surface area contributed by atoms with Gasteiger partial charge in [0, 0.05) is 30.2 Å². The SMILES string of the molecule is CC(C)(CNC(=O)CSc1nc2cc(Cl)ccc2s1)N1CCOCC1. The van der Waals surface area contributed by atoms with Crippen LogP contribution in [0.3, 0.4) is 0 Å². The Morgan fingerprint density at radius 3 is 2.96 bits per heavy atom. The minimum atomic E-state index is -0.0727. The van der Waals surface area contributed by atoms with Gasteiger partial charge in [-0.15, -0.1) is 11.3 Å². The maximum absolute atomic E-state index is 12.2. The number of thiazole rings is 1. The zero-order valence-electron chi connectivity index (χ0n) is 14.4. The van der Waals surface area contributed by atoms with Crippen LogP contribution in [0.1, 0.15) is 13.8 Å². The normalized spacial score (nSPS) is 16.3. The Morgan fingerprint density at radius 1 is 1.44 bits per heavy atom. The predicted molar refractivity (Wildman–Crippen MR) is 105 cm³/mol. The van der Waals surface area contributed by atoms with E-state index in [4.69, 9.17) is 16.3 Å². The maximum atomic E-state index is 12.2. The van der Waals surface area contributed by atoms with Gasteiger partial charge in [-0.1, -0.05) is 23.4 Å². The van der Waals surface area contributed by atoms with Gasteiger partial charge < -0.3 is 10.1 Å². The van der Waals surface area contributed by atoms with Crippen LogP contribution in [0.5, 0.6) is 0 Å². The standard InChI is InChI=1S/C17H22ClN3O2S2/c1-17(2,21-5-7-23-8-6-21)11-19-15(22)10-24-16-20-13-9-12(18)3-4-14(13)25-16/h3-4,9H,5-8,10-11H2,1-2H3,(H,19,22). The van der Waals surface area contributed by atoms with E-state index in [1.807, 2.05) is 18.2 Å². The van der Waals surface area contributed by atoms with Crippen LogP contribution < -0.4 is 5.32 Å². The number of hydrogen-bond donors (Lipinski definition) is 1. The van der Waals surface area contributed by atoms with Gasteiger partial charge in [-0.05, 0) is 32.0 Å². The third kappa shape index (κ3) is 5.08. The van der Waals surface area contributed by atoms with Crippen LogP contribution in [-0.4, -0.2) is 59.9 Å². The topological polar surface area (TPSA) is 54.5 Å². The van der Waals surface area contributed by atoms with E-state index >= 15 is 0 Å². The Kier molecular flexibility index (Phi) is 6.22. The van der Waals surface area contributed by atoms with E-state index in [1.54, 1.807) is 11.3 Å². The third-order valence-corrected chi connectivity index (χ3v) is 6.66. The van der Waals surface area contributed by atoms with Gasteiger partial charge in [0.15, 0.2) is 4.34 Å². The summed E-state index contributed by atoms with van der Waals surface area (Å²) in [5.74, 6) is 0.399. The highest BCUT2D eigenvalue weighted by Gasteiger charge is 2.28. The number of halogens is 1. The fourth-order valence-electron chi connectivity index (χ4n) is 2.71. The molecule has 2 heterocycles. The number of hydrogen-bond acceptors (Lipinski definition) is 6. The molecule has 5 nitrogen and oxygen atoms in total. The number of rotatable bonds is 6. The molecule has 1 aliphatic heterocycles. The van der Waals surface area contributed by atoms with Crippen molar-refractivity contribution in [1.29, 1.82) is 0 Å². The molecule has 2 aromatic rings. The summed E-state index contributed by atoms with van der Waals surface area (Å²) in [7, 11) is 0. The van der Waals surface area contributed by atoms with Gasteiger partial charge in [0.2, 0.25) is 5.91 Å². The molecule has 0 spiro atoms. The number of morpholine rings is 1. The molecule has 0 bridgehead atoms. The molecule has 1 amide bonds.